The molecule has 0 bridgehead atoms. The molecule has 0 heterocycles. The van der Waals surface area contributed by atoms with Crippen LogP contribution in [0.25, 0.3) is 0 Å². The Morgan fingerprint density at radius 2 is 1.67 bits per heavy atom. The Hall–Kier alpha value is 0.270. The molecule has 0 saturated carbocycles. The largest absolute Gasteiger partial charge is 0.271 e. The molecule has 0 fully saturated rings. The van der Waals surface area contributed by atoms with Gasteiger partial charge in [-0.05, 0) is 18.3 Å². The van der Waals surface area contributed by atoms with Crippen LogP contribution in [0.15, 0.2) is 0 Å². The Kier molecular flexibility index (Phi) is 6.23. The minimum Gasteiger partial charge on any atom is -0.271 e. The fraction of sp³-hybridized carbons (Fsp3) is 1.00. The molecular weight excluding hydrogens is 204 g/mol. The van der Waals surface area contributed by atoms with Gasteiger partial charge in [-0.2, -0.15) is 11.8 Å². The van der Waals surface area contributed by atoms with E-state index >= 15 is 0 Å². The van der Waals surface area contributed by atoms with Crippen LogP contribution >= 0.6 is 11.8 Å². The van der Waals surface area contributed by atoms with Gasteiger partial charge in [0.15, 0.2) is 0 Å². The molecule has 0 aromatic carbocycles. The Morgan fingerprint density at radius 1 is 1.13 bits per heavy atom. The minimum absolute atomic E-state index is 0.330. The molecule has 0 aliphatic carbocycles. The van der Waals surface area contributed by atoms with Crippen molar-refractivity contribution in [3.8, 4) is 0 Å². The highest BCUT2D eigenvalue weighted by Crippen LogP contribution is 2.26. The van der Waals surface area contributed by atoms with Crippen molar-refractivity contribution >= 4 is 11.8 Å². The Bertz CT molecular complexity index is 149. The SMILES string of the molecule is CC(C)(C)CCC(CSC(C)(C)C)NN. The second-order valence-electron chi connectivity index (χ2n) is 6.39. The first kappa shape index (κ1) is 15.3. The van der Waals surface area contributed by atoms with Gasteiger partial charge in [0.25, 0.3) is 0 Å². The smallest absolute Gasteiger partial charge is 0.0301 e. The summed E-state index contributed by atoms with van der Waals surface area (Å²) >= 11 is 1.97. The van der Waals surface area contributed by atoms with E-state index in [1.54, 1.807) is 0 Å². The van der Waals surface area contributed by atoms with Crippen molar-refractivity contribution in [2.45, 2.75) is 65.2 Å². The van der Waals surface area contributed by atoms with Gasteiger partial charge in [0, 0.05) is 16.5 Å². The highest BCUT2D eigenvalue weighted by Gasteiger charge is 2.17. The summed E-state index contributed by atoms with van der Waals surface area (Å²) in [6.07, 6.45) is 2.37. The van der Waals surface area contributed by atoms with Gasteiger partial charge in [-0.1, -0.05) is 41.5 Å². The number of nitrogens with one attached hydrogen (secondary N) is 1. The van der Waals surface area contributed by atoms with Crippen LogP contribution in [0.2, 0.25) is 0 Å². The summed E-state index contributed by atoms with van der Waals surface area (Å²) in [5.41, 5.74) is 3.33. The Morgan fingerprint density at radius 3 is 2.00 bits per heavy atom. The fourth-order valence-electron chi connectivity index (χ4n) is 1.17. The fourth-order valence-corrected chi connectivity index (χ4v) is 2.14. The molecule has 0 saturated heterocycles. The van der Waals surface area contributed by atoms with Crippen LogP contribution in [0.3, 0.4) is 0 Å². The van der Waals surface area contributed by atoms with E-state index < -0.39 is 0 Å². The lowest BCUT2D eigenvalue weighted by Gasteiger charge is -2.25. The van der Waals surface area contributed by atoms with E-state index in [0.717, 1.165) is 12.2 Å². The summed E-state index contributed by atoms with van der Waals surface area (Å²) in [6, 6.07) is 0.438. The maximum atomic E-state index is 5.57. The topological polar surface area (TPSA) is 38.0 Å². The van der Waals surface area contributed by atoms with Gasteiger partial charge < -0.3 is 0 Å². The average Bonchev–Trinajstić information content (AvgIpc) is 2.00. The molecule has 0 radical (unpaired) electrons. The number of hydrazine groups is 1. The van der Waals surface area contributed by atoms with Gasteiger partial charge >= 0.3 is 0 Å². The second kappa shape index (κ2) is 6.12. The molecule has 2 nitrogen and oxygen atoms in total. The lowest BCUT2D eigenvalue weighted by Crippen LogP contribution is -2.38. The van der Waals surface area contributed by atoms with Crippen molar-refractivity contribution in [2.24, 2.45) is 11.3 Å². The zero-order valence-corrected chi connectivity index (χ0v) is 12.0. The van der Waals surface area contributed by atoms with Crippen LogP contribution in [0.4, 0.5) is 0 Å². The monoisotopic (exact) mass is 232 g/mol. The van der Waals surface area contributed by atoms with E-state index in [9.17, 15) is 0 Å². The predicted octanol–water partition coefficient (Wildman–Crippen LogP) is 3.18. The number of hydrogen-bond acceptors (Lipinski definition) is 3. The summed E-state index contributed by atoms with van der Waals surface area (Å²) in [5, 5.41) is 0. The quantitative estimate of drug-likeness (QED) is 0.565. The highest BCUT2D eigenvalue weighted by atomic mass is 32.2. The van der Waals surface area contributed by atoms with Crippen LogP contribution in [-0.4, -0.2) is 16.5 Å². The minimum atomic E-state index is 0.330. The zero-order chi connectivity index (χ0) is 12.1. The van der Waals surface area contributed by atoms with Crippen molar-refractivity contribution in [1.29, 1.82) is 0 Å². The first-order valence-corrected chi connectivity index (χ1v) is 6.73. The van der Waals surface area contributed by atoms with Crippen molar-refractivity contribution in [2.75, 3.05) is 5.75 Å². The van der Waals surface area contributed by atoms with Crippen LogP contribution in [-0.2, 0) is 0 Å². The highest BCUT2D eigenvalue weighted by molar-refractivity contribution is 8.00. The zero-order valence-electron chi connectivity index (χ0n) is 11.2. The van der Waals surface area contributed by atoms with E-state index in [2.05, 4.69) is 47.0 Å². The van der Waals surface area contributed by atoms with E-state index in [1.165, 1.54) is 6.42 Å². The molecule has 0 aliphatic heterocycles. The Labute approximate surface area is 99.7 Å². The third-order valence-electron chi connectivity index (χ3n) is 2.20. The first-order valence-electron chi connectivity index (χ1n) is 5.74. The molecule has 0 aliphatic rings. The summed E-state index contributed by atoms with van der Waals surface area (Å²) in [7, 11) is 0. The van der Waals surface area contributed by atoms with E-state index in [1.807, 2.05) is 11.8 Å². The molecule has 0 aromatic rings. The van der Waals surface area contributed by atoms with Crippen LogP contribution in [0.5, 0.6) is 0 Å². The third-order valence-corrected chi connectivity index (χ3v) is 3.63. The van der Waals surface area contributed by atoms with Crippen LogP contribution in [0, 0.1) is 5.41 Å². The molecule has 0 spiro atoms. The Balaban J connectivity index is 3.84. The molecule has 3 heteroatoms. The van der Waals surface area contributed by atoms with Crippen molar-refractivity contribution in [3.05, 3.63) is 0 Å². The number of hydrogen-bond donors (Lipinski definition) is 2. The summed E-state index contributed by atoms with van der Waals surface area (Å²) in [6.45, 7) is 13.6. The van der Waals surface area contributed by atoms with Crippen molar-refractivity contribution in [3.63, 3.8) is 0 Å². The standard InChI is InChI=1S/C12H28N2S/c1-11(2,3)8-7-10(14-13)9-15-12(4,5)6/h10,14H,7-9,13H2,1-6H3. The number of thioether (sulfide) groups is 1. The normalized spacial score (nSPS) is 15.4. The lowest BCUT2D eigenvalue weighted by molar-refractivity contribution is 0.339. The van der Waals surface area contributed by atoms with Crippen LogP contribution < -0.4 is 11.3 Å². The van der Waals surface area contributed by atoms with E-state index in [0.29, 0.717) is 16.2 Å². The van der Waals surface area contributed by atoms with Gasteiger partial charge in [-0.15, -0.1) is 0 Å². The maximum Gasteiger partial charge on any atom is 0.0301 e. The van der Waals surface area contributed by atoms with Gasteiger partial charge in [-0.25, -0.2) is 0 Å². The second-order valence-corrected chi connectivity index (χ2v) is 8.23. The number of rotatable bonds is 5. The summed E-state index contributed by atoms with van der Waals surface area (Å²) < 4.78 is 0.330. The molecule has 15 heavy (non-hydrogen) atoms. The predicted molar refractivity (Wildman–Crippen MR) is 72.0 cm³/mol. The van der Waals surface area contributed by atoms with E-state index in [-0.39, 0.29) is 0 Å². The molecule has 1 atom stereocenters. The summed E-state index contributed by atoms with van der Waals surface area (Å²) in [4.78, 5) is 0. The van der Waals surface area contributed by atoms with Crippen molar-refractivity contribution < 1.29 is 0 Å². The van der Waals surface area contributed by atoms with Crippen LogP contribution in [0.1, 0.15) is 54.4 Å². The lowest BCUT2D eigenvalue weighted by atomic mass is 9.89. The maximum absolute atomic E-state index is 5.57. The molecule has 0 aromatic heterocycles. The van der Waals surface area contributed by atoms with Gasteiger partial charge in [0.1, 0.15) is 0 Å². The van der Waals surface area contributed by atoms with Gasteiger partial charge in [-0.3, -0.25) is 11.3 Å². The molecule has 1 unspecified atom stereocenters. The molecule has 0 rings (SSSR count). The molecule has 0 amide bonds. The summed E-state index contributed by atoms with van der Waals surface area (Å²) in [5.74, 6) is 6.66. The number of nitrogens with two attached hydrogens (primary N) is 1. The average molecular weight is 232 g/mol. The molecular formula is C12H28N2S. The van der Waals surface area contributed by atoms with Gasteiger partial charge in [0.2, 0.25) is 0 Å². The molecule has 3 N–H and O–H groups in total. The van der Waals surface area contributed by atoms with Gasteiger partial charge in [0.05, 0.1) is 0 Å². The van der Waals surface area contributed by atoms with Crippen molar-refractivity contribution in [1.82, 2.24) is 5.43 Å². The molecule has 92 valence electrons. The third kappa shape index (κ3) is 10.6. The van der Waals surface area contributed by atoms with E-state index in [4.69, 9.17) is 5.84 Å². The first-order chi connectivity index (χ1) is 6.64.